The number of nitro groups is 1. The van der Waals surface area contributed by atoms with Crippen LogP contribution in [0.3, 0.4) is 0 Å². The van der Waals surface area contributed by atoms with Crippen LogP contribution in [0.25, 0.3) is 0 Å². The number of sulfonamides is 1. The maximum atomic E-state index is 14.3. The first kappa shape index (κ1) is 33.1. The summed E-state index contributed by atoms with van der Waals surface area (Å²) in [5, 5.41) is 11.5. The standard InChI is InChI=1S/C19H29F3N4O10S3/c1-23-5-4-6-25(8-7-23)39(33,34)17-14-15(26(27)28)13-16(19(20,21)22)18(17)24(9-11-35-37(2,29)30)10-12-36-38(3,31)32/h13-14H,4-12H2,1-3H3. The lowest BCUT2D eigenvalue weighted by Crippen LogP contribution is -2.38. The Labute approximate surface area is 224 Å². The van der Waals surface area contributed by atoms with Crippen molar-refractivity contribution in [2.75, 3.05) is 76.9 Å². The quantitative estimate of drug-likeness (QED) is 0.181. The van der Waals surface area contributed by atoms with Gasteiger partial charge in [-0.15, -0.1) is 0 Å². The minimum Gasteiger partial charge on any atom is -0.365 e. The minimum absolute atomic E-state index is 0.0788. The number of rotatable bonds is 12. The molecule has 0 spiro atoms. The number of nitrogens with zero attached hydrogens (tertiary/aromatic N) is 4. The Bertz CT molecular complexity index is 1330. The molecule has 0 amide bonds. The summed E-state index contributed by atoms with van der Waals surface area (Å²) in [4.78, 5) is 11.8. The summed E-state index contributed by atoms with van der Waals surface area (Å²) in [6.45, 7) is -2.30. The van der Waals surface area contributed by atoms with E-state index in [2.05, 4.69) is 8.37 Å². The van der Waals surface area contributed by atoms with Gasteiger partial charge >= 0.3 is 6.18 Å². The second-order valence-corrected chi connectivity index (χ2v) is 13.9. The number of hydrogen-bond acceptors (Lipinski definition) is 12. The van der Waals surface area contributed by atoms with Gasteiger partial charge in [-0.2, -0.15) is 34.3 Å². The summed E-state index contributed by atoms with van der Waals surface area (Å²) < 4.78 is 126. The number of hydrogen-bond donors (Lipinski definition) is 0. The largest absolute Gasteiger partial charge is 0.418 e. The van der Waals surface area contributed by atoms with Gasteiger partial charge in [0.15, 0.2) is 0 Å². The van der Waals surface area contributed by atoms with Crippen LogP contribution in [0, 0.1) is 10.1 Å². The van der Waals surface area contributed by atoms with Gasteiger partial charge in [0.05, 0.1) is 41.9 Å². The second kappa shape index (κ2) is 12.6. The van der Waals surface area contributed by atoms with Crippen LogP contribution in [0.4, 0.5) is 24.5 Å². The van der Waals surface area contributed by atoms with Crippen LogP contribution in [0.1, 0.15) is 12.0 Å². The van der Waals surface area contributed by atoms with E-state index in [1.807, 2.05) is 4.90 Å². The predicted molar refractivity (Wildman–Crippen MR) is 133 cm³/mol. The molecule has 0 aromatic heterocycles. The van der Waals surface area contributed by atoms with Crippen molar-refractivity contribution < 1.29 is 51.7 Å². The number of halogens is 3. The fraction of sp³-hybridized carbons (Fsp3) is 0.684. The van der Waals surface area contributed by atoms with Crippen LogP contribution in [-0.4, -0.2) is 111 Å². The molecule has 0 atom stereocenters. The van der Waals surface area contributed by atoms with E-state index in [4.69, 9.17) is 0 Å². The first-order valence-corrected chi connectivity index (χ1v) is 16.3. The Balaban J connectivity index is 2.79. The highest BCUT2D eigenvalue weighted by molar-refractivity contribution is 7.89. The molecule has 1 saturated heterocycles. The zero-order chi connectivity index (χ0) is 29.8. The molecule has 2 rings (SSSR count). The molecule has 1 heterocycles. The molecule has 1 aromatic carbocycles. The molecule has 0 unspecified atom stereocenters. The first-order valence-electron chi connectivity index (χ1n) is 11.2. The Morgan fingerprint density at radius 3 is 1.95 bits per heavy atom. The molecule has 0 aliphatic carbocycles. The number of anilines is 1. The molecule has 0 saturated carbocycles. The van der Waals surface area contributed by atoms with E-state index in [9.17, 15) is 48.5 Å². The normalized spacial score (nSPS) is 16.7. The monoisotopic (exact) mass is 626 g/mol. The van der Waals surface area contributed by atoms with E-state index in [1.165, 1.54) is 0 Å². The molecule has 1 fully saturated rings. The lowest BCUT2D eigenvalue weighted by Gasteiger charge is -2.31. The van der Waals surface area contributed by atoms with Crippen molar-refractivity contribution in [3.05, 3.63) is 27.8 Å². The molecule has 0 N–H and O–H groups in total. The highest BCUT2D eigenvalue weighted by Crippen LogP contribution is 2.43. The molecule has 0 bridgehead atoms. The Hall–Kier alpha value is -2.10. The molecule has 1 aromatic rings. The van der Waals surface area contributed by atoms with Gasteiger partial charge in [0.25, 0.3) is 25.9 Å². The third kappa shape index (κ3) is 9.80. The summed E-state index contributed by atoms with van der Waals surface area (Å²) in [6.07, 6.45) is -3.61. The Morgan fingerprint density at radius 2 is 1.49 bits per heavy atom. The zero-order valence-electron chi connectivity index (χ0n) is 21.2. The highest BCUT2D eigenvalue weighted by Gasteiger charge is 2.42. The predicted octanol–water partition coefficient (Wildman–Crippen LogP) is 0.699. The maximum absolute atomic E-state index is 14.3. The molecule has 14 nitrogen and oxygen atoms in total. The van der Waals surface area contributed by atoms with Gasteiger partial charge in [0, 0.05) is 44.9 Å². The fourth-order valence-corrected chi connectivity index (χ4v) is 6.25. The summed E-state index contributed by atoms with van der Waals surface area (Å²) in [7, 11) is -11.2. The summed E-state index contributed by atoms with van der Waals surface area (Å²) in [5.74, 6) is 0. The van der Waals surface area contributed by atoms with Crippen molar-refractivity contribution in [2.24, 2.45) is 0 Å². The minimum atomic E-state index is -5.31. The SMILES string of the molecule is CN1CCCN(S(=O)(=O)c2cc([N+](=O)[O-])cc(C(F)(F)F)c2N(CCOS(C)(=O)=O)CCOS(C)(=O)=O)CC1. The van der Waals surface area contributed by atoms with Crippen molar-refractivity contribution in [1.82, 2.24) is 9.21 Å². The van der Waals surface area contributed by atoms with Crippen molar-refractivity contribution in [3.8, 4) is 0 Å². The average molecular weight is 627 g/mol. The van der Waals surface area contributed by atoms with Crippen molar-refractivity contribution in [3.63, 3.8) is 0 Å². The highest BCUT2D eigenvalue weighted by atomic mass is 32.2. The summed E-state index contributed by atoms with van der Waals surface area (Å²) in [5.41, 5.74) is -3.86. The summed E-state index contributed by atoms with van der Waals surface area (Å²) >= 11 is 0. The van der Waals surface area contributed by atoms with Crippen LogP contribution in [0.5, 0.6) is 0 Å². The van der Waals surface area contributed by atoms with Gasteiger partial charge in [-0.1, -0.05) is 0 Å². The fourth-order valence-electron chi connectivity index (χ4n) is 3.77. The van der Waals surface area contributed by atoms with Crippen LogP contribution >= 0.6 is 0 Å². The number of nitro benzene ring substituents is 1. The molecule has 0 radical (unpaired) electrons. The van der Waals surface area contributed by atoms with E-state index >= 15 is 0 Å². The topological polar surface area (TPSA) is 174 Å². The van der Waals surface area contributed by atoms with Crippen molar-refractivity contribution in [1.29, 1.82) is 0 Å². The van der Waals surface area contributed by atoms with E-state index in [0.717, 1.165) is 9.21 Å². The lowest BCUT2D eigenvalue weighted by atomic mass is 10.1. The van der Waals surface area contributed by atoms with E-state index in [-0.39, 0.29) is 25.7 Å². The van der Waals surface area contributed by atoms with Gasteiger partial charge in [0.1, 0.15) is 4.90 Å². The first-order chi connectivity index (χ1) is 17.7. The molecule has 39 heavy (non-hydrogen) atoms. The van der Waals surface area contributed by atoms with Crippen LogP contribution in [0.2, 0.25) is 0 Å². The molecule has 224 valence electrons. The van der Waals surface area contributed by atoms with Crippen molar-refractivity contribution >= 4 is 41.6 Å². The second-order valence-electron chi connectivity index (χ2n) is 8.70. The maximum Gasteiger partial charge on any atom is 0.418 e. The van der Waals surface area contributed by atoms with Crippen LogP contribution in [0.15, 0.2) is 17.0 Å². The Morgan fingerprint density at radius 1 is 0.949 bits per heavy atom. The number of benzene rings is 1. The van der Waals surface area contributed by atoms with E-state index in [0.29, 0.717) is 31.5 Å². The lowest BCUT2D eigenvalue weighted by molar-refractivity contribution is -0.385. The Kier molecular flexibility index (Phi) is 10.7. The van der Waals surface area contributed by atoms with Gasteiger partial charge < -0.3 is 9.80 Å². The molecular weight excluding hydrogens is 597 g/mol. The third-order valence-corrected chi connectivity index (χ3v) is 8.61. The summed E-state index contributed by atoms with van der Waals surface area (Å²) in [6, 6.07) is 0.656. The third-order valence-electron chi connectivity index (χ3n) is 5.51. The van der Waals surface area contributed by atoms with Gasteiger partial charge in [-0.05, 0) is 20.0 Å². The van der Waals surface area contributed by atoms with Crippen LogP contribution < -0.4 is 4.90 Å². The molecule has 1 aliphatic rings. The zero-order valence-corrected chi connectivity index (χ0v) is 23.7. The number of non-ortho nitro benzene ring substituents is 1. The molecule has 1 aliphatic heterocycles. The van der Waals surface area contributed by atoms with E-state index < -0.39 is 89.5 Å². The van der Waals surface area contributed by atoms with Crippen molar-refractivity contribution in [2.45, 2.75) is 17.5 Å². The van der Waals surface area contributed by atoms with Crippen LogP contribution in [-0.2, 0) is 44.8 Å². The van der Waals surface area contributed by atoms with Gasteiger partial charge in [-0.3, -0.25) is 18.5 Å². The molecule has 20 heteroatoms. The smallest absolute Gasteiger partial charge is 0.365 e. The number of likely N-dealkylation sites (N-methyl/N-ethyl adjacent to an activating group) is 1. The molecular formula is C19H29F3N4O10S3. The van der Waals surface area contributed by atoms with Gasteiger partial charge in [0.2, 0.25) is 10.0 Å². The average Bonchev–Trinajstić information content (AvgIpc) is 3.00. The van der Waals surface area contributed by atoms with Gasteiger partial charge in [-0.25, -0.2) is 8.42 Å². The number of alkyl halides is 3. The van der Waals surface area contributed by atoms with E-state index in [1.54, 1.807) is 7.05 Å².